The lowest BCUT2D eigenvalue weighted by atomic mass is 9.95. The van der Waals surface area contributed by atoms with E-state index in [0.29, 0.717) is 52.2 Å². The number of carbonyl (C=O) groups is 2. The van der Waals surface area contributed by atoms with Gasteiger partial charge in [0.15, 0.2) is 0 Å². The highest BCUT2D eigenvalue weighted by Gasteiger charge is 2.29. The molecule has 8 nitrogen and oxygen atoms in total. The molecule has 0 bridgehead atoms. The van der Waals surface area contributed by atoms with E-state index in [0.717, 1.165) is 10.9 Å². The summed E-state index contributed by atoms with van der Waals surface area (Å²) >= 11 is 9.44. The maximum Gasteiger partial charge on any atom is 0.256 e. The Morgan fingerprint density at radius 3 is 2.68 bits per heavy atom. The molecule has 1 N–H and O–H groups in total. The van der Waals surface area contributed by atoms with Gasteiger partial charge in [0.1, 0.15) is 11.5 Å². The zero-order valence-electron chi connectivity index (χ0n) is 21.0. The zero-order chi connectivity index (χ0) is 27.0. The molecule has 3 heterocycles. The van der Waals surface area contributed by atoms with Crippen LogP contribution in [-0.2, 0) is 18.4 Å². The van der Waals surface area contributed by atoms with Crippen molar-refractivity contribution in [1.29, 1.82) is 0 Å². The smallest absolute Gasteiger partial charge is 0.256 e. The Bertz CT molecular complexity index is 1510. The molecule has 0 radical (unpaired) electrons. The standard InChI is InChI=1S/C27H27BrClFN6O2/c1-16(21-5-3-18(28)11-24(21)30)36-14-20(32-33-36)13-31-26(37)17-7-9-35(10-8-17)27(38)23-15-34(2)25-6-4-19(29)12-22(23)25/h3-6,11-12,14-17H,7-10,13H2,1-2H3,(H,31,37)/t16-/m1/s1. The van der Waals surface area contributed by atoms with E-state index in [-0.39, 0.29) is 36.1 Å². The quantitative estimate of drug-likeness (QED) is 0.333. The van der Waals surface area contributed by atoms with Crippen LogP contribution in [0.25, 0.3) is 10.9 Å². The maximum atomic E-state index is 14.3. The molecule has 4 aromatic rings. The molecule has 2 amide bonds. The average Bonchev–Trinajstić information content (AvgIpc) is 3.51. The lowest BCUT2D eigenvalue weighted by molar-refractivity contribution is -0.126. The van der Waals surface area contributed by atoms with Crippen LogP contribution in [0.15, 0.2) is 53.3 Å². The number of amides is 2. The Kier molecular flexibility index (Phi) is 7.54. The number of hydrogen-bond acceptors (Lipinski definition) is 4. The van der Waals surface area contributed by atoms with Crippen molar-refractivity contribution in [2.75, 3.05) is 13.1 Å². The zero-order valence-corrected chi connectivity index (χ0v) is 23.3. The Balaban J connectivity index is 1.15. The minimum absolute atomic E-state index is 0.0512. The van der Waals surface area contributed by atoms with Gasteiger partial charge in [0.25, 0.3) is 5.91 Å². The van der Waals surface area contributed by atoms with Crippen LogP contribution in [0.3, 0.4) is 0 Å². The predicted molar refractivity (Wildman–Crippen MR) is 146 cm³/mol. The average molecular weight is 602 g/mol. The number of nitrogens with zero attached hydrogens (tertiary/aromatic N) is 5. The third-order valence-electron chi connectivity index (χ3n) is 7.15. The Labute approximate surface area is 232 Å². The van der Waals surface area contributed by atoms with Crippen molar-refractivity contribution >= 4 is 50.2 Å². The first-order valence-electron chi connectivity index (χ1n) is 12.4. The molecule has 1 fully saturated rings. The molecule has 2 aromatic heterocycles. The van der Waals surface area contributed by atoms with E-state index in [2.05, 4.69) is 31.6 Å². The number of aromatic nitrogens is 4. The molecule has 1 saturated heterocycles. The van der Waals surface area contributed by atoms with Crippen LogP contribution in [0.4, 0.5) is 4.39 Å². The van der Waals surface area contributed by atoms with E-state index >= 15 is 0 Å². The molecule has 0 unspecified atom stereocenters. The summed E-state index contributed by atoms with van der Waals surface area (Å²) < 4.78 is 18.5. The first kappa shape index (κ1) is 26.4. The lowest BCUT2D eigenvalue weighted by Gasteiger charge is -2.31. The molecular formula is C27H27BrClFN6O2. The van der Waals surface area contributed by atoms with Crippen molar-refractivity contribution in [3.8, 4) is 0 Å². The maximum absolute atomic E-state index is 14.3. The van der Waals surface area contributed by atoms with Crippen LogP contribution in [0.2, 0.25) is 5.02 Å². The largest absolute Gasteiger partial charge is 0.350 e. The highest BCUT2D eigenvalue weighted by Crippen LogP contribution is 2.27. The van der Waals surface area contributed by atoms with Gasteiger partial charge in [-0.1, -0.05) is 38.8 Å². The normalized spacial score (nSPS) is 15.1. The molecule has 1 aliphatic heterocycles. The molecule has 1 atom stereocenters. The number of aryl methyl sites for hydroxylation is 1. The first-order chi connectivity index (χ1) is 18.2. The minimum atomic E-state index is -0.348. The van der Waals surface area contributed by atoms with E-state index < -0.39 is 0 Å². The van der Waals surface area contributed by atoms with Gasteiger partial charge in [-0.25, -0.2) is 9.07 Å². The van der Waals surface area contributed by atoms with Crippen molar-refractivity contribution in [3.63, 3.8) is 0 Å². The SMILES string of the molecule is C[C@H](c1ccc(Br)cc1F)n1cc(CNC(=O)C2CCN(C(=O)c3cn(C)c4ccc(Cl)cc34)CC2)nn1. The lowest BCUT2D eigenvalue weighted by Crippen LogP contribution is -2.42. The number of nitrogens with one attached hydrogen (secondary N) is 1. The molecule has 11 heteroatoms. The summed E-state index contributed by atoms with van der Waals surface area (Å²) in [5.41, 5.74) is 2.65. The van der Waals surface area contributed by atoms with Crippen LogP contribution >= 0.6 is 27.5 Å². The Morgan fingerprint density at radius 1 is 1.18 bits per heavy atom. The highest BCUT2D eigenvalue weighted by molar-refractivity contribution is 9.10. The van der Waals surface area contributed by atoms with Gasteiger partial charge in [-0.2, -0.15) is 0 Å². The van der Waals surface area contributed by atoms with Crippen LogP contribution < -0.4 is 5.32 Å². The van der Waals surface area contributed by atoms with E-state index in [4.69, 9.17) is 11.6 Å². The number of benzene rings is 2. The summed E-state index contributed by atoms with van der Waals surface area (Å²) in [6.07, 6.45) is 4.71. The number of hydrogen-bond donors (Lipinski definition) is 1. The molecule has 2 aromatic carbocycles. The molecule has 5 rings (SSSR count). The summed E-state index contributed by atoms with van der Waals surface area (Å²) in [4.78, 5) is 27.9. The van der Waals surface area contributed by atoms with Gasteiger partial charge < -0.3 is 14.8 Å². The minimum Gasteiger partial charge on any atom is -0.350 e. The van der Waals surface area contributed by atoms with Crippen molar-refractivity contribution < 1.29 is 14.0 Å². The fourth-order valence-corrected chi connectivity index (χ4v) is 5.44. The summed E-state index contributed by atoms with van der Waals surface area (Å²) in [7, 11) is 1.90. The topological polar surface area (TPSA) is 85.0 Å². The van der Waals surface area contributed by atoms with Crippen LogP contribution in [0.5, 0.6) is 0 Å². The number of rotatable bonds is 6. The summed E-state index contributed by atoms with van der Waals surface area (Å²) in [5.74, 6) is -0.640. The van der Waals surface area contributed by atoms with Crippen LogP contribution in [0.1, 0.15) is 47.4 Å². The summed E-state index contributed by atoms with van der Waals surface area (Å²) in [5, 5.41) is 12.6. The number of fused-ring (bicyclic) bond motifs is 1. The van der Waals surface area contributed by atoms with Crippen LogP contribution in [-0.4, -0.2) is 49.4 Å². The second kappa shape index (κ2) is 10.9. The fourth-order valence-electron chi connectivity index (χ4n) is 4.94. The van der Waals surface area contributed by atoms with Crippen molar-refractivity contribution in [2.24, 2.45) is 13.0 Å². The molecule has 0 saturated carbocycles. The first-order valence-corrected chi connectivity index (χ1v) is 13.6. The molecule has 1 aliphatic rings. The van der Waals surface area contributed by atoms with Gasteiger partial charge in [-0.3, -0.25) is 9.59 Å². The Hall–Kier alpha value is -3.24. The van der Waals surface area contributed by atoms with Gasteiger partial charge in [-0.15, -0.1) is 5.10 Å². The summed E-state index contributed by atoms with van der Waals surface area (Å²) in [6, 6.07) is 10.1. The van der Waals surface area contributed by atoms with E-state index in [1.807, 2.05) is 42.9 Å². The third kappa shape index (κ3) is 5.33. The predicted octanol–water partition coefficient (Wildman–Crippen LogP) is 5.10. The molecule has 198 valence electrons. The number of piperidine rings is 1. The van der Waals surface area contributed by atoms with E-state index in [9.17, 15) is 14.0 Å². The van der Waals surface area contributed by atoms with Gasteiger partial charge in [0, 0.05) is 58.2 Å². The number of carbonyl (C=O) groups excluding carboxylic acids is 2. The number of likely N-dealkylation sites (tertiary alicyclic amines) is 1. The monoisotopic (exact) mass is 600 g/mol. The van der Waals surface area contributed by atoms with Crippen LogP contribution in [0, 0.1) is 11.7 Å². The third-order valence-corrected chi connectivity index (χ3v) is 7.87. The highest BCUT2D eigenvalue weighted by atomic mass is 79.9. The fraction of sp³-hybridized carbons (Fsp3) is 0.333. The molecule has 38 heavy (non-hydrogen) atoms. The molecule has 0 spiro atoms. The van der Waals surface area contributed by atoms with E-state index in [1.54, 1.807) is 27.9 Å². The molecule has 0 aliphatic carbocycles. The van der Waals surface area contributed by atoms with Gasteiger partial charge >= 0.3 is 0 Å². The van der Waals surface area contributed by atoms with Gasteiger partial charge in [0.2, 0.25) is 5.91 Å². The van der Waals surface area contributed by atoms with Crippen molar-refractivity contribution in [2.45, 2.75) is 32.4 Å². The number of halogens is 3. The second-order valence-electron chi connectivity index (χ2n) is 9.63. The van der Waals surface area contributed by atoms with Gasteiger partial charge in [-0.05, 0) is 50.1 Å². The molecular weight excluding hydrogens is 575 g/mol. The second-order valence-corrected chi connectivity index (χ2v) is 11.0. The van der Waals surface area contributed by atoms with Crippen molar-refractivity contribution in [3.05, 3.63) is 80.9 Å². The van der Waals surface area contributed by atoms with Crippen molar-refractivity contribution in [1.82, 2.24) is 29.8 Å². The van der Waals surface area contributed by atoms with Gasteiger partial charge in [0.05, 0.1) is 24.3 Å². The Morgan fingerprint density at radius 2 is 1.95 bits per heavy atom. The summed E-state index contributed by atoms with van der Waals surface area (Å²) in [6.45, 7) is 3.07. The van der Waals surface area contributed by atoms with E-state index in [1.165, 1.54) is 6.07 Å².